The van der Waals surface area contributed by atoms with Crippen LogP contribution in [0.5, 0.6) is 0 Å². The van der Waals surface area contributed by atoms with Crippen LogP contribution in [0, 0.1) is 5.82 Å². The number of methoxy groups -OCH3 is 1. The van der Waals surface area contributed by atoms with Crippen molar-refractivity contribution in [1.29, 1.82) is 0 Å². The predicted molar refractivity (Wildman–Crippen MR) is 104 cm³/mol. The summed E-state index contributed by atoms with van der Waals surface area (Å²) in [5.74, 6) is 2.25. The van der Waals surface area contributed by atoms with E-state index in [4.69, 9.17) is 9.47 Å². The number of ether oxygens (including phenoxy) is 2. The fourth-order valence-corrected chi connectivity index (χ4v) is 2.83. The highest BCUT2D eigenvalue weighted by atomic mass is 32.2. The number of hydrogen-bond acceptors (Lipinski definition) is 4. The second-order valence-electron chi connectivity index (χ2n) is 5.29. The van der Waals surface area contributed by atoms with Crippen molar-refractivity contribution in [2.24, 2.45) is 4.99 Å². The molecule has 0 spiro atoms. The summed E-state index contributed by atoms with van der Waals surface area (Å²) in [7, 11) is 1.66. The summed E-state index contributed by atoms with van der Waals surface area (Å²) < 4.78 is 23.9. The zero-order valence-electron chi connectivity index (χ0n) is 15.2. The predicted octanol–water partition coefficient (Wildman–Crippen LogP) is 2.67. The first-order valence-corrected chi connectivity index (χ1v) is 9.83. The Hall–Kier alpha value is -1.31. The molecule has 0 atom stereocenters. The fourth-order valence-electron chi connectivity index (χ4n) is 1.98. The summed E-state index contributed by atoms with van der Waals surface area (Å²) in [6.07, 6.45) is 0.877. The molecule has 5 nitrogen and oxygen atoms in total. The minimum absolute atomic E-state index is 0.134. The van der Waals surface area contributed by atoms with Gasteiger partial charge in [-0.15, -0.1) is 0 Å². The third-order valence-corrected chi connectivity index (χ3v) is 4.25. The number of benzene rings is 1. The first kappa shape index (κ1) is 21.7. The van der Waals surface area contributed by atoms with Crippen molar-refractivity contribution in [3.05, 3.63) is 35.6 Å². The number of guanidine groups is 1. The van der Waals surface area contributed by atoms with Gasteiger partial charge in [0.15, 0.2) is 5.96 Å². The van der Waals surface area contributed by atoms with Crippen LogP contribution >= 0.6 is 11.8 Å². The Morgan fingerprint density at radius 1 is 1.20 bits per heavy atom. The maximum Gasteiger partial charge on any atom is 0.191 e. The van der Waals surface area contributed by atoms with Gasteiger partial charge < -0.3 is 20.1 Å². The van der Waals surface area contributed by atoms with Crippen molar-refractivity contribution in [3.63, 3.8) is 0 Å². The number of nitrogens with zero attached hydrogens (tertiary/aromatic N) is 1. The van der Waals surface area contributed by atoms with E-state index in [0.29, 0.717) is 32.1 Å². The lowest BCUT2D eigenvalue weighted by molar-refractivity contribution is 0.0702. The summed E-state index contributed by atoms with van der Waals surface area (Å²) in [5, 5.41) is 6.52. The van der Waals surface area contributed by atoms with Crippen molar-refractivity contribution in [3.8, 4) is 0 Å². The van der Waals surface area contributed by atoms with Crippen molar-refractivity contribution < 1.29 is 13.9 Å². The molecule has 0 fully saturated rings. The Balaban J connectivity index is 2.15. The van der Waals surface area contributed by atoms with Crippen LogP contribution in [0.4, 0.5) is 4.39 Å². The zero-order chi connectivity index (χ0) is 18.2. The summed E-state index contributed by atoms with van der Waals surface area (Å²) in [4.78, 5) is 4.52. The van der Waals surface area contributed by atoms with Gasteiger partial charge in [0, 0.05) is 44.9 Å². The Morgan fingerprint density at radius 2 is 2.04 bits per heavy atom. The van der Waals surface area contributed by atoms with Gasteiger partial charge in [-0.2, -0.15) is 11.8 Å². The molecule has 1 aromatic rings. The summed E-state index contributed by atoms with van der Waals surface area (Å²) in [5.41, 5.74) is 0.751. The fraction of sp³-hybridized carbons (Fsp3) is 0.611. The topological polar surface area (TPSA) is 54.9 Å². The van der Waals surface area contributed by atoms with Crippen LogP contribution in [-0.4, -0.2) is 58.3 Å². The van der Waals surface area contributed by atoms with E-state index in [2.05, 4.69) is 15.6 Å². The number of rotatable bonds is 13. The average Bonchev–Trinajstić information content (AvgIpc) is 2.62. The molecular weight excluding hydrogens is 341 g/mol. The molecule has 0 radical (unpaired) electrons. The number of halogens is 1. The van der Waals surface area contributed by atoms with Crippen LogP contribution in [0.3, 0.4) is 0 Å². The van der Waals surface area contributed by atoms with E-state index in [1.54, 1.807) is 24.9 Å². The summed E-state index contributed by atoms with van der Waals surface area (Å²) >= 11 is 1.70. The minimum atomic E-state index is -0.134. The van der Waals surface area contributed by atoms with Gasteiger partial charge in [0.05, 0.1) is 13.2 Å². The van der Waals surface area contributed by atoms with Crippen LogP contribution in [0.1, 0.15) is 18.9 Å². The number of aliphatic imine (C=N–C) groups is 1. The van der Waals surface area contributed by atoms with Crippen molar-refractivity contribution >= 4 is 17.7 Å². The summed E-state index contributed by atoms with van der Waals surface area (Å²) in [6.45, 7) is 6.29. The molecule has 0 aromatic heterocycles. The van der Waals surface area contributed by atoms with Crippen molar-refractivity contribution in [1.82, 2.24) is 10.6 Å². The smallest absolute Gasteiger partial charge is 0.191 e. The first-order chi connectivity index (χ1) is 12.3. The molecule has 0 aliphatic heterocycles. The van der Waals surface area contributed by atoms with Gasteiger partial charge in [-0.25, -0.2) is 4.39 Å². The number of nitrogens with one attached hydrogen (secondary N) is 2. The van der Waals surface area contributed by atoms with Gasteiger partial charge >= 0.3 is 0 Å². The molecule has 0 aliphatic rings. The maximum atomic E-state index is 13.5. The molecule has 7 heteroatoms. The highest BCUT2D eigenvalue weighted by Crippen LogP contribution is 2.14. The van der Waals surface area contributed by atoms with Crippen LogP contribution in [0.2, 0.25) is 0 Å². The molecular formula is C18H30FN3O2S. The highest BCUT2D eigenvalue weighted by molar-refractivity contribution is 7.98. The molecule has 0 bridgehead atoms. The van der Waals surface area contributed by atoms with Crippen LogP contribution in [-0.2, 0) is 15.2 Å². The molecule has 142 valence electrons. The minimum Gasteiger partial charge on any atom is -0.382 e. The van der Waals surface area contributed by atoms with E-state index >= 15 is 0 Å². The van der Waals surface area contributed by atoms with E-state index in [1.807, 2.05) is 19.1 Å². The molecule has 1 rings (SSSR count). The third-order valence-electron chi connectivity index (χ3n) is 3.25. The molecule has 25 heavy (non-hydrogen) atoms. The lowest BCUT2D eigenvalue weighted by Gasteiger charge is -2.11. The summed E-state index contributed by atoms with van der Waals surface area (Å²) in [6, 6.07) is 6.91. The van der Waals surface area contributed by atoms with Crippen LogP contribution < -0.4 is 10.6 Å². The Kier molecular flexibility index (Phi) is 13.0. The highest BCUT2D eigenvalue weighted by Gasteiger charge is 2.01. The SMILES string of the molecule is CCNC(=NCCCOCCOC)NCCSCc1ccccc1F. The zero-order valence-corrected chi connectivity index (χ0v) is 16.0. The van der Waals surface area contributed by atoms with E-state index < -0.39 is 0 Å². The molecule has 0 saturated carbocycles. The molecule has 0 heterocycles. The lowest BCUT2D eigenvalue weighted by Crippen LogP contribution is -2.38. The molecule has 0 amide bonds. The quantitative estimate of drug-likeness (QED) is 0.317. The Labute approximate surface area is 154 Å². The largest absolute Gasteiger partial charge is 0.382 e. The van der Waals surface area contributed by atoms with Gasteiger partial charge in [0.2, 0.25) is 0 Å². The van der Waals surface area contributed by atoms with E-state index in [-0.39, 0.29) is 5.82 Å². The Morgan fingerprint density at radius 3 is 2.80 bits per heavy atom. The average molecular weight is 372 g/mol. The molecule has 2 N–H and O–H groups in total. The maximum absolute atomic E-state index is 13.5. The van der Waals surface area contributed by atoms with Gasteiger partial charge in [-0.05, 0) is 25.0 Å². The number of hydrogen-bond donors (Lipinski definition) is 2. The van der Waals surface area contributed by atoms with E-state index in [0.717, 1.165) is 36.8 Å². The normalized spacial score (nSPS) is 11.6. The van der Waals surface area contributed by atoms with Gasteiger partial charge in [-0.3, -0.25) is 4.99 Å². The first-order valence-electron chi connectivity index (χ1n) is 8.68. The van der Waals surface area contributed by atoms with Crippen molar-refractivity contribution in [2.45, 2.75) is 19.1 Å². The third kappa shape index (κ3) is 11.0. The van der Waals surface area contributed by atoms with Crippen LogP contribution in [0.25, 0.3) is 0 Å². The second kappa shape index (κ2) is 15.0. The number of thioether (sulfide) groups is 1. The van der Waals surface area contributed by atoms with E-state index in [1.165, 1.54) is 6.07 Å². The van der Waals surface area contributed by atoms with E-state index in [9.17, 15) is 4.39 Å². The van der Waals surface area contributed by atoms with Crippen molar-refractivity contribution in [2.75, 3.05) is 52.3 Å². The monoisotopic (exact) mass is 371 g/mol. The standard InChI is InChI=1S/C18H30FN3O2S/c1-3-20-18(21-9-6-11-24-13-12-23-2)22-10-14-25-15-16-7-4-5-8-17(16)19/h4-5,7-8H,3,6,9-15H2,1-2H3,(H2,20,21,22). The Bertz CT molecular complexity index is 489. The lowest BCUT2D eigenvalue weighted by atomic mass is 10.2. The second-order valence-corrected chi connectivity index (χ2v) is 6.40. The van der Waals surface area contributed by atoms with Gasteiger partial charge in [0.1, 0.15) is 5.82 Å². The molecule has 0 unspecified atom stereocenters. The molecule has 0 saturated heterocycles. The van der Waals surface area contributed by atoms with Gasteiger partial charge in [-0.1, -0.05) is 18.2 Å². The molecule has 1 aromatic carbocycles. The van der Waals surface area contributed by atoms with Crippen LogP contribution in [0.15, 0.2) is 29.3 Å². The molecule has 0 aliphatic carbocycles. The van der Waals surface area contributed by atoms with Gasteiger partial charge in [0.25, 0.3) is 0 Å².